The molecule has 21 heavy (non-hydrogen) atoms. The predicted molar refractivity (Wildman–Crippen MR) is 77.0 cm³/mol. The Morgan fingerprint density at radius 1 is 1.29 bits per heavy atom. The topological polar surface area (TPSA) is 90.6 Å². The van der Waals surface area contributed by atoms with E-state index < -0.39 is 23.7 Å². The highest BCUT2D eigenvalue weighted by Crippen LogP contribution is 2.21. The van der Waals surface area contributed by atoms with Gasteiger partial charge in [-0.1, -0.05) is 0 Å². The molecule has 0 bridgehead atoms. The van der Waals surface area contributed by atoms with Crippen LogP contribution in [0.1, 0.15) is 33.3 Å². The largest absolute Gasteiger partial charge is 0.480 e. The Bertz CT molecular complexity index is 567. The Hall–Kier alpha value is -2.55. The molecule has 0 aliphatic rings. The Morgan fingerprint density at radius 3 is 2.19 bits per heavy atom. The van der Waals surface area contributed by atoms with Crippen LogP contribution < -0.4 is 4.90 Å². The van der Waals surface area contributed by atoms with Crippen LogP contribution in [0.3, 0.4) is 0 Å². The van der Waals surface area contributed by atoms with Crippen molar-refractivity contribution < 1.29 is 19.4 Å². The van der Waals surface area contributed by atoms with Gasteiger partial charge in [0.2, 0.25) is 0 Å². The molecule has 0 saturated heterocycles. The van der Waals surface area contributed by atoms with Gasteiger partial charge in [-0.25, -0.2) is 9.59 Å². The second-order valence-electron chi connectivity index (χ2n) is 5.52. The number of ether oxygens (including phenoxy) is 1. The van der Waals surface area contributed by atoms with E-state index in [1.165, 1.54) is 31.2 Å². The smallest absolute Gasteiger partial charge is 0.415 e. The number of nitriles is 1. The number of nitrogens with zero attached hydrogens (tertiary/aromatic N) is 2. The van der Waals surface area contributed by atoms with E-state index >= 15 is 0 Å². The van der Waals surface area contributed by atoms with E-state index in [-0.39, 0.29) is 0 Å². The summed E-state index contributed by atoms with van der Waals surface area (Å²) in [4.78, 5) is 24.5. The number of rotatable bonds is 3. The number of hydrogen-bond donors (Lipinski definition) is 1. The van der Waals surface area contributed by atoms with Gasteiger partial charge < -0.3 is 9.84 Å². The van der Waals surface area contributed by atoms with E-state index in [9.17, 15) is 9.59 Å². The van der Waals surface area contributed by atoms with Gasteiger partial charge in [-0.2, -0.15) is 5.26 Å². The van der Waals surface area contributed by atoms with Crippen LogP contribution in [0, 0.1) is 11.3 Å². The average Bonchev–Trinajstić information content (AvgIpc) is 2.37. The second kappa shape index (κ2) is 6.27. The highest BCUT2D eigenvalue weighted by molar-refractivity contribution is 5.95. The van der Waals surface area contributed by atoms with Crippen molar-refractivity contribution in [1.82, 2.24) is 0 Å². The Morgan fingerprint density at radius 2 is 1.81 bits per heavy atom. The maximum atomic E-state index is 12.2. The van der Waals surface area contributed by atoms with Crippen molar-refractivity contribution in [3.8, 4) is 6.07 Å². The zero-order chi connectivity index (χ0) is 16.2. The summed E-state index contributed by atoms with van der Waals surface area (Å²) in [6.07, 6.45) is -0.748. The summed E-state index contributed by atoms with van der Waals surface area (Å²) in [5.74, 6) is -1.15. The Kier molecular flexibility index (Phi) is 4.93. The molecule has 1 unspecified atom stereocenters. The molecule has 0 spiro atoms. The van der Waals surface area contributed by atoms with Crippen LogP contribution >= 0.6 is 0 Å². The van der Waals surface area contributed by atoms with Crippen molar-refractivity contribution in [2.45, 2.75) is 39.3 Å². The quantitative estimate of drug-likeness (QED) is 0.924. The third-order valence-corrected chi connectivity index (χ3v) is 2.61. The molecular weight excluding hydrogens is 272 g/mol. The molecule has 0 saturated carbocycles. The van der Waals surface area contributed by atoms with Crippen molar-refractivity contribution >= 4 is 17.7 Å². The molecule has 6 nitrogen and oxygen atoms in total. The molecule has 6 heteroatoms. The number of benzene rings is 1. The summed E-state index contributed by atoms with van der Waals surface area (Å²) in [6.45, 7) is 6.50. The molecule has 1 rings (SSSR count). The first kappa shape index (κ1) is 16.5. The number of amides is 1. The molecular formula is C15H18N2O4. The summed E-state index contributed by atoms with van der Waals surface area (Å²) < 4.78 is 5.24. The number of anilines is 1. The lowest BCUT2D eigenvalue weighted by Crippen LogP contribution is -2.46. The molecule has 0 radical (unpaired) electrons. The van der Waals surface area contributed by atoms with Gasteiger partial charge in [0.25, 0.3) is 0 Å². The van der Waals surface area contributed by atoms with Crippen LogP contribution in [0.5, 0.6) is 0 Å². The fourth-order valence-electron chi connectivity index (χ4n) is 1.61. The standard InChI is InChI=1S/C15H18N2O4/c1-10(13(18)19)17(14(20)21-15(2,3)4)12-7-5-11(9-16)6-8-12/h5-8,10H,1-4H3,(H,18,19). The number of aliphatic carboxylic acids is 1. The zero-order valence-corrected chi connectivity index (χ0v) is 12.5. The second-order valence-corrected chi connectivity index (χ2v) is 5.52. The van der Waals surface area contributed by atoms with Crippen molar-refractivity contribution in [2.75, 3.05) is 4.90 Å². The minimum Gasteiger partial charge on any atom is -0.480 e. The van der Waals surface area contributed by atoms with E-state index in [1.54, 1.807) is 20.8 Å². The van der Waals surface area contributed by atoms with E-state index in [0.29, 0.717) is 11.3 Å². The molecule has 1 amide bonds. The minimum atomic E-state index is -1.15. The highest BCUT2D eigenvalue weighted by Gasteiger charge is 2.31. The van der Waals surface area contributed by atoms with E-state index in [1.807, 2.05) is 6.07 Å². The SMILES string of the molecule is CC(C(=O)O)N(C(=O)OC(C)(C)C)c1ccc(C#N)cc1. The summed E-state index contributed by atoms with van der Waals surface area (Å²) in [6, 6.07) is 6.93. The lowest BCUT2D eigenvalue weighted by atomic mass is 10.1. The molecule has 112 valence electrons. The lowest BCUT2D eigenvalue weighted by Gasteiger charge is -2.29. The number of carbonyl (C=O) groups excluding carboxylic acids is 1. The maximum Gasteiger partial charge on any atom is 0.415 e. The molecule has 1 aromatic rings. The van der Waals surface area contributed by atoms with Gasteiger partial charge in [-0.15, -0.1) is 0 Å². The number of carboxylic acid groups (broad SMARTS) is 1. The fourth-order valence-corrected chi connectivity index (χ4v) is 1.61. The van der Waals surface area contributed by atoms with Gasteiger partial charge in [0.05, 0.1) is 11.6 Å². The lowest BCUT2D eigenvalue weighted by molar-refractivity contribution is -0.138. The van der Waals surface area contributed by atoms with Gasteiger partial charge >= 0.3 is 12.1 Å². The van der Waals surface area contributed by atoms with Crippen LogP contribution in [0.4, 0.5) is 10.5 Å². The molecule has 1 N–H and O–H groups in total. The normalized spacial score (nSPS) is 12.1. The first-order valence-corrected chi connectivity index (χ1v) is 6.41. The first-order chi connectivity index (χ1) is 9.65. The van der Waals surface area contributed by atoms with Gasteiger partial charge in [0, 0.05) is 5.69 Å². The van der Waals surface area contributed by atoms with Crippen LogP contribution in [-0.2, 0) is 9.53 Å². The number of carboxylic acids is 1. The summed E-state index contributed by atoms with van der Waals surface area (Å²) in [5.41, 5.74) is 0.0455. The van der Waals surface area contributed by atoms with Crippen LogP contribution in [-0.4, -0.2) is 28.8 Å². The van der Waals surface area contributed by atoms with Crippen LogP contribution in [0.25, 0.3) is 0 Å². The van der Waals surface area contributed by atoms with Gasteiger partial charge in [0.1, 0.15) is 11.6 Å². The molecule has 0 aromatic heterocycles. The third kappa shape index (κ3) is 4.49. The van der Waals surface area contributed by atoms with Crippen molar-refractivity contribution in [3.05, 3.63) is 29.8 Å². The van der Waals surface area contributed by atoms with Crippen LogP contribution in [0.2, 0.25) is 0 Å². The van der Waals surface area contributed by atoms with E-state index in [0.717, 1.165) is 4.90 Å². The first-order valence-electron chi connectivity index (χ1n) is 6.41. The fraction of sp³-hybridized carbons (Fsp3) is 0.400. The average molecular weight is 290 g/mol. The van der Waals surface area contributed by atoms with Crippen molar-refractivity contribution in [1.29, 1.82) is 5.26 Å². The summed E-state index contributed by atoms with van der Waals surface area (Å²) in [5, 5.41) is 17.9. The molecule has 0 heterocycles. The van der Waals surface area contributed by atoms with Gasteiger partial charge in [-0.3, -0.25) is 4.90 Å². The predicted octanol–water partition coefficient (Wildman–Crippen LogP) is 2.77. The molecule has 0 fully saturated rings. The number of hydrogen-bond acceptors (Lipinski definition) is 4. The monoisotopic (exact) mass is 290 g/mol. The number of carbonyl (C=O) groups is 2. The van der Waals surface area contributed by atoms with E-state index in [2.05, 4.69) is 0 Å². The Labute approximate surface area is 123 Å². The van der Waals surface area contributed by atoms with Crippen LogP contribution in [0.15, 0.2) is 24.3 Å². The summed E-state index contributed by atoms with van der Waals surface area (Å²) >= 11 is 0. The molecule has 1 aromatic carbocycles. The van der Waals surface area contributed by atoms with Gasteiger partial charge in [0.15, 0.2) is 0 Å². The summed E-state index contributed by atoms with van der Waals surface area (Å²) in [7, 11) is 0. The maximum absolute atomic E-state index is 12.2. The Balaban J connectivity index is 3.16. The van der Waals surface area contributed by atoms with Gasteiger partial charge in [-0.05, 0) is 52.0 Å². The molecule has 1 atom stereocenters. The molecule has 0 aliphatic heterocycles. The minimum absolute atomic E-state index is 0.359. The zero-order valence-electron chi connectivity index (χ0n) is 12.5. The van der Waals surface area contributed by atoms with Crippen molar-refractivity contribution in [2.24, 2.45) is 0 Å². The third-order valence-electron chi connectivity index (χ3n) is 2.61. The van der Waals surface area contributed by atoms with E-state index in [4.69, 9.17) is 15.1 Å². The highest BCUT2D eigenvalue weighted by atomic mass is 16.6. The van der Waals surface area contributed by atoms with Crippen molar-refractivity contribution in [3.63, 3.8) is 0 Å². The molecule has 0 aliphatic carbocycles.